The monoisotopic (exact) mass is 225 g/mol. The molecule has 0 unspecified atom stereocenters. The summed E-state index contributed by atoms with van der Waals surface area (Å²) in [6.45, 7) is 2.62. The van der Waals surface area contributed by atoms with Crippen molar-refractivity contribution in [3.05, 3.63) is 0 Å². The van der Waals surface area contributed by atoms with Crippen molar-refractivity contribution in [2.75, 3.05) is 6.54 Å². The maximum Gasteiger partial charge on any atom is 0.406 e. The Labute approximate surface area is 85.7 Å². The number of carboxylic acid groups (broad SMARTS) is 1. The van der Waals surface area contributed by atoms with E-state index in [1.54, 1.807) is 0 Å². The fourth-order valence-corrected chi connectivity index (χ4v) is 1.15. The van der Waals surface area contributed by atoms with Gasteiger partial charge in [-0.2, -0.15) is 13.2 Å². The van der Waals surface area contributed by atoms with Crippen molar-refractivity contribution < 1.29 is 23.1 Å². The smallest absolute Gasteiger partial charge is 0.406 e. The molecule has 0 aromatic rings. The van der Waals surface area contributed by atoms with Crippen LogP contribution < -0.4 is 5.32 Å². The second-order valence-electron chi connectivity index (χ2n) is 4.62. The first-order chi connectivity index (χ1) is 6.61. The van der Waals surface area contributed by atoms with E-state index in [9.17, 15) is 18.0 Å². The van der Waals surface area contributed by atoms with Gasteiger partial charge in [0.2, 0.25) is 0 Å². The van der Waals surface area contributed by atoms with Crippen LogP contribution in [-0.4, -0.2) is 29.3 Å². The molecule has 0 spiro atoms. The van der Waals surface area contributed by atoms with Crippen LogP contribution in [0.2, 0.25) is 0 Å². The lowest BCUT2D eigenvalue weighted by Crippen LogP contribution is -2.49. The van der Waals surface area contributed by atoms with E-state index in [0.717, 1.165) is 0 Å². The molecule has 0 heterocycles. The number of hydrogen-bond acceptors (Lipinski definition) is 2. The summed E-state index contributed by atoms with van der Waals surface area (Å²) in [5, 5.41) is 11.1. The summed E-state index contributed by atoms with van der Waals surface area (Å²) in [5.41, 5.74) is -3.01. The van der Waals surface area contributed by atoms with Gasteiger partial charge in [0, 0.05) is 6.54 Å². The molecule has 0 aliphatic heterocycles. The second-order valence-corrected chi connectivity index (χ2v) is 4.62. The Balaban J connectivity index is 2.55. The van der Waals surface area contributed by atoms with Crippen LogP contribution >= 0.6 is 0 Å². The standard InChI is InChI=1S/C9H14F3NO2/c1-7(2,6(14)15)5-13-8(3-4-8)9(10,11)12/h13H,3-5H2,1-2H3,(H,14,15). The van der Waals surface area contributed by atoms with Crippen LogP contribution in [0.5, 0.6) is 0 Å². The van der Waals surface area contributed by atoms with Gasteiger partial charge < -0.3 is 10.4 Å². The molecule has 1 rings (SSSR count). The summed E-state index contributed by atoms with van der Waals surface area (Å²) in [7, 11) is 0. The molecule has 0 aromatic heterocycles. The molecule has 6 heteroatoms. The van der Waals surface area contributed by atoms with Gasteiger partial charge in [-0.1, -0.05) is 0 Å². The van der Waals surface area contributed by atoms with E-state index in [0.29, 0.717) is 0 Å². The van der Waals surface area contributed by atoms with Gasteiger partial charge in [-0.25, -0.2) is 0 Å². The van der Waals surface area contributed by atoms with Gasteiger partial charge in [-0.05, 0) is 26.7 Å². The summed E-state index contributed by atoms with van der Waals surface area (Å²) >= 11 is 0. The molecule has 1 aliphatic rings. The number of alkyl halides is 3. The van der Waals surface area contributed by atoms with Gasteiger partial charge in [0.1, 0.15) is 5.54 Å². The van der Waals surface area contributed by atoms with Crippen LogP contribution in [-0.2, 0) is 4.79 Å². The first-order valence-corrected chi connectivity index (χ1v) is 4.66. The van der Waals surface area contributed by atoms with E-state index < -0.39 is 23.1 Å². The second kappa shape index (κ2) is 3.37. The van der Waals surface area contributed by atoms with E-state index in [1.807, 2.05) is 0 Å². The fourth-order valence-electron chi connectivity index (χ4n) is 1.15. The Bertz CT molecular complexity index is 269. The van der Waals surface area contributed by atoms with Gasteiger partial charge in [0.25, 0.3) is 0 Å². The predicted octanol–water partition coefficient (Wildman–Crippen LogP) is 1.78. The molecule has 0 bridgehead atoms. The third-order valence-corrected chi connectivity index (χ3v) is 2.74. The Hall–Kier alpha value is -0.780. The maximum absolute atomic E-state index is 12.5. The molecule has 1 aliphatic carbocycles. The Morgan fingerprint density at radius 1 is 1.40 bits per heavy atom. The number of carboxylic acids is 1. The van der Waals surface area contributed by atoms with E-state index in [2.05, 4.69) is 5.32 Å². The SMILES string of the molecule is CC(C)(CNC1(C(F)(F)F)CC1)C(=O)O. The highest BCUT2D eigenvalue weighted by Crippen LogP contribution is 2.49. The first kappa shape index (κ1) is 12.3. The molecule has 0 saturated heterocycles. The number of halogens is 3. The zero-order valence-corrected chi connectivity index (χ0v) is 8.61. The average Bonchev–Trinajstić information content (AvgIpc) is 2.79. The van der Waals surface area contributed by atoms with Crippen molar-refractivity contribution in [3.63, 3.8) is 0 Å². The van der Waals surface area contributed by atoms with E-state index in [-0.39, 0.29) is 19.4 Å². The summed E-state index contributed by atoms with van der Waals surface area (Å²) in [4.78, 5) is 10.7. The van der Waals surface area contributed by atoms with Crippen molar-refractivity contribution in [2.45, 2.75) is 38.4 Å². The summed E-state index contributed by atoms with van der Waals surface area (Å²) in [6.07, 6.45) is -4.22. The summed E-state index contributed by atoms with van der Waals surface area (Å²) in [6, 6.07) is 0. The normalized spacial score (nSPS) is 20.1. The Morgan fingerprint density at radius 3 is 2.13 bits per heavy atom. The van der Waals surface area contributed by atoms with Crippen LogP contribution in [0.3, 0.4) is 0 Å². The molecule has 0 radical (unpaired) electrons. The van der Waals surface area contributed by atoms with Crippen molar-refractivity contribution in [1.82, 2.24) is 5.32 Å². The topological polar surface area (TPSA) is 49.3 Å². The van der Waals surface area contributed by atoms with Crippen LogP contribution in [0.1, 0.15) is 26.7 Å². The van der Waals surface area contributed by atoms with Crippen molar-refractivity contribution >= 4 is 5.97 Å². The fraction of sp³-hybridized carbons (Fsp3) is 0.889. The quantitative estimate of drug-likeness (QED) is 0.766. The predicted molar refractivity (Wildman–Crippen MR) is 47.4 cm³/mol. The van der Waals surface area contributed by atoms with Gasteiger partial charge in [-0.15, -0.1) is 0 Å². The zero-order valence-electron chi connectivity index (χ0n) is 8.61. The van der Waals surface area contributed by atoms with E-state index >= 15 is 0 Å². The minimum absolute atomic E-state index is 0.0339. The molecule has 0 amide bonds. The van der Waals surface area contributed by atoms with Crippen LogP contribution in [0, 0.1) is 5.41 Å². The number of carbonyl (C=O) groups is 1. The molecule has 0 atom stereocenters. The van der Waals surface area contributed by atoms with Crippen LogP contribution in [0.4, 0.5) is 13.2 Å². The lowest BCUT2D eigenvalue weighted by atomic mass is 9.93. The highest BCUT2D eigenvalue weighted by Gasteiger charge is 2.63. The minimum atomic E-state index is -4.29. The zero-order chi connectivity index (χ0) is 11.9. The molecule has 2 N–H and O–H groups in total. The van der Waals surface area contributed by atoms with Gasteiger partial charge >= 0.3 is 12.1 Å². The molecular weight excluding hydrogens is 211 g/mol. The molecule has 15 heavy (non-hydrogen) atoms. The molecule has 1 saturated carbocycles. The van der Waals surface area contributed by atoms with Crippen molar-refractivity contribution in [2.24, 2.45) is 5.41 Å². The summed E-state index contributed by atoms with van der Waals surface area (Å²) < 4.78 is 37.4. The third-order valence-electron chi connectivity index (χ3n) is 2.74. The number of aliphatic carboxylic acids is 1. The maximum atomic E-state index is 12.5. The number of rotatable bonds is 4. The molecule has 3 nitrogen and oxygen atoms in total. The van der Waals surface area contributed by atoms with Crippen molar-refractivity contribution in [3.8, 4) is 0 Å². The Morgan fingerprint density at radius 2 is 1.87 bits per heavy atom. The van der Waals surface area contributed by atoms with E-state index in [1.165, 1.54) is 13.8 Å². The highest BCUT2D eigenvalue weighted by molar-refractivity contribution is 5.73. The average molecular weight is 225 g/mol. The summed E-state index contributed by atoms with van der Waals surface area (Å²) in [5.74, 6) is -1.10. The lowest BCUT2D eigenvalue weighted by Gasteiger charge is -2.26. The van der Waals surface area contributed by atoms with Crippen molar-refractivity contribution in [1.29, 1.82) is 0 Å². The number of hydrogen-bond donors (Lipinski definition) is 2. The molecular formula is C9H14F3NO2. The van der Waals surface area contributed by atoms with Crippen LogP contribution in [0.25, 0.3) is 0 Å². The molecule has 0 aromatic carbocycles. The van der Waals surface area contributed by atoms with Gasteiger partial charge in [0.15, 0.2) is 0 Å². The first-order valence-electron chi connectivity index (χ1n) is 4.66. The van der Waals surface area contributed by atoms with Gasteiger partial charge in [0.05, 0.1) is 5.41 Å². The number of nitrogens with one attached hydrogen (secondary N) is 1. The lowest BCUT2D eigenvalue weighted by molar-refractivity contribution is -0.169. The largest absolute Gasteiger partial charge is 0.481 e. The van der Waals surface area contributed by atoms with Crippen LogP contribution in [0.15, 0.2) is 0 Å². The Kier molecular flexibility index (Phi) is 2.76. The van der Waals surface area contributed by atoms with Gasteiger partial charge in [-0.3, -0.25) is 4.79 Å². The highest BCUT2D eigenvalue weighted by atomic mass is 19.4. The molecule has 1 fully saturated rings. The van der Waals surface area contributed by atoms with E-state index in [4.69, 9.17) is 5.11 Å². The molecule has 88 valence electrons. The third kappa shape index (κ3) is 2.42. The minimum Gasteiger partial charge on any atom is -0.481 e.